The summed E-state index contributed by atoms with van der Waals surface area (Å²) in [5.74, 6) is 0.455. The second kappa shape index (κ2) is 6.38. The number of ether oxygens (including phenoxy) is 1. The van der Waals surface area contributed by atoms with Gasteiger partial charge in [-0.05, 0) is 24.6 Å². The Morgan fingerprint density at radius 3 is 2.50 bits per heavy atom. The van der Waals surface area contributed by atoms with Gasteiger partial charge < -0.3 is 9.84 Å². The Labute approximate surface area is 79.9 Å². The lowest BCUT2D eigenvalue weighted by atomic mass is 10.2. The fourth-order valence-electron chi connectivity index (χ4n) is 0.736. The normalized spacial score (nSPS) is 13.1. The van der Waals surface area contributed by atoms with E-state index in [9.17, 15) is 5.11 Å². The summed E-state index contributed by atoms with van der Waals surface area (Å²) < 4.78 is 5.20. The van der Waals surface area contributed by atoms with Crippen LogP contribution in [-0.4, -0.2) is 22.9 Å². The molecule has 1 atom stereocenters. The molecule has 0 saturated heterocycles. The summed E-state index contributed by atoms with van der Waals surface area (Å²) in [6, 6.07) is 0. The molecule has 2 nitrogen and oxygen atoms in total. The standard InChI is InChI=1S/C9H18O2S/c1-4-5-8(10)9(12)11-6-7(2)3/h7-8,10H,4-6H2,1-3H3/t8-/m0/s1. The first-order chi connectivity index (χ1) is 5.57. The van der Waals surface area contributed by atoms with Gasteiger partial charge in [-0.25, -0.2) is 0 Å². The second-order valence-corrected chi connectivity index (χ2v) is 3.73. The van der Waals surface area contributed by atoms with Crippen LogP contribution in [0, 0.1) is 5.92 Å². The zero-order valence-corrected chi connectivity index (χ0v) is 8.86. The van der Waals surface area contributed by atoms with Crippen LogP contribution < -0.4 is 0 Å². The molecule has 0 aliphatic heterocycles. The highest BCUT2D eigenvalue weighted by atomic mass is 32.1. The van der Waals surface area contributed by atoms with E-state index >= 15 is 0 Å². The molecule has 0 unspecified atom stereocenters. The van der Waals surface area contributed by atoms with Crippen LogP contribution in [-0.2, 0) is 4.74 Å². The predicted molar refractivity (Wildman–Crippen MR) is 54.3 cm³/mol. The Balaban J connectivity index is 3.57. The van der Waals surface area contributed by atoms with E-state index in [-0.39, 0.29) is 0 Å². The molecule has 0 saturated carbocycles. The van der Waals surface area contributed by atoms with Gasteiger partial charge in [-0.2, -0.15) is 0 Å². The van der Waals surface area contributed by atoms with Crippen molar-refractivity contribution < 1.29 is 9.84 Å². The molecular weight excluding hydrogens is 172 g/mol. The van der Waals surface area contributed by atoms with Gasteiger partial charge in [0.2, 0.25) is 0 Å². The van der Waals surface area contributed by atoms with Crippen molar-refractivity contribution in [3.05, 3.63) is 0 Å². The van der Waals surface area contributed by atoms with Gasteiger partial charge in [0.1, 0.15) is 6.10 Å². The van der Waals surface area contributed by atoms with E-state index in [0.717, 1.165) is 6.42 Å². The average molecular weight is 190 g/mol. The van der Waals surface area contributed by atoms with E-state index in [4.69, 9.17) is 17.0 Å². The fraction of sp³-hybridized carbons (Fsp3) is 0.889. The van der Waals surface area contributed by atoms with E-state index in [1.807, 2.05) is 6.92 Å². The zero-order chi connectivity index (χ0) is 9.56. The molecule has 0 fully saturated rings. The molecule has 0 aliphatic rings. The highest BCUT2D eigenvalue weighted by Crippen LogP contribution is 2.02. The van der Waals surface area contributed by atoms with E-state index in [1.54, 1.807) is 0 Å². The number of rotatable bonds is 5. The number of thiocarbonyl (C=S) groups is 1. The molecule has 0 aromatic carbocycles. The molecule has 3 heteroatoms. The SMILES string of the molecule is CCC[C@H](O)C(=S)OCC(C)C. The second-order valence-electron chi connectivity index (χ2n) is 3.33. The first kappa shape index (κ1) is 11.8. The summed E-state index contributed by atoms with van der Waals surface area (Å²) in [7, 11) is 0. The quantitative estimate of drug-likeness (QED) is 0.674. The molecule has 0 radical (unpaired) electrons. The summed E-state index contributed by atoms with van der Waals surface area (Å²) in [6.45, 7) is 6.71. The van der Waals surface area contributed by atoms with E-state index in [2.05, 4.69) is 13.8 Å². The first-order valence-electron chi connectivity index (χ1n) is 4.42. The molecule has 0 heterocycles. The zero-order valence-electron chi connectivity index (χ0n) is 8.04. The minimum atomic E-state index is -0.566. The van der Waals surface area contributed by atoms with Crippen LogP contribution in [0.25, 0.3) is 0 Å². The number of aliphatic hydroxyl groups excluding tert-OH is 1. The summed E-state index contributed by atoms with van der Waals surface area (Å²) in [6.07, 6.45) is 1.05. The summed E-state index contributed by atoms with van der Waals surface area (Å²) in [4.78, 5) is 0. The van der Waals surface area contributed by atoms with Gasteiger partial charge in [-0.1, -0.05) is 27.2 Å². The highest BCUT2D eigenvalue weighted by Gasteiger charge is 2.10. The Morgan fingerprint density at radius 1 is 1.50 bits per heavy atom. The molecule has 1 N–H and O–H groups in total. The molecule has 72 valence electrons. The van der Waals surface area contributed by atoms with Gasteiger partial charge in [0.05, 0.1) is 6.61 Å². The molecule has 0 aromatic rings. The third kappa shape index (κ3) is 5.49. The van der Waals surface area contributed by atoms with Crippen molar-refractivity contribution in [2.75, 3.05) is 6.61 Å². The predicted octanol–water partition coefficient (Wildman–Crippen LogP) is 2.15. The topological polar surface area (TPSA) is 29.5 Å². The summed E-state index contributed by atoms with van der Waals surface area (Å²) in [5.41, 5.74) is 0. The minimum absolute atomic E-state index is 0.338. The summed E-state index contributed by atoms with van der Waals surface area (Å²) >= 11 is 4.89. The van der Waals surface area contributed by atoms with Crippen molar-refractivity contribution in [1.29, 1.82) is 0 Å². The third-order valence-corrected chi connectivity index (χ3v) is 1.78. The highest BCUT2D eigenvalue weighted by molar-refractivity contribution is 7.80. The number of hydrogen-bond donors (Lipinski definition) is 1. The fourth-order valence-corrected chi connectivity index (χ4v) is 0.922. The minimum Gasteiger partial charge on any atom is -0.484 e. The smallest absolute Gasteiger partial charge is 0.188 e. The molecule has 0 aromatic heterocycles. The van der Waals surface area contributed by atoms with Crippen LogP contribution in [0.2, 0.25) is 0 Å². The van der Waals surface area contributed by atoms with Crippen molar-refractivity contribution >= 4 is 17.3 Å². The maximum Gasteiger partial charge on any atom is 0.188 e. The third-order valence-electron chi connectivity index (χ3n) is 1.39. The van der Waals surface area contributed by atoms with Crippen LogP contribution in [0.4, 0.5) is 0 Å². The Morgan fingerprint density at radius 2 is 2.08 bits per heavy atom. The largest absolute Gasteiger partial charge is 0.484 e. The van der Waals surface area contributed by atoms with Gasteiger partial charge in [0.15, 0.2) is 5.05 Å². The van der Waals surface area contributed by atoms with Gasteiger partial charge in [0.25, 0.3) is 0 Å². The molecule has 0 rings (SSSR count). The lowest BCUT2D eigenvalue weighted by Gasteiger charge is -2.13. The van der Waals surface area contributed by atoms with Crippen molar-refractivity contribution in [1.82, 2.24) is 0 Å². The molecule has 0 aliphatic carbocycles. The lowest BCUT2D eigenvalue weighted by molar-refractivity contribution is 0.172. The molecule has 12 heavy (non-hydrogen) atoms. The number of aliphatic hydroxyl groups is 1. The lowest BCUT2D eigenvalue weighted by Crippen LogP contribution is -2.22. The number of hydrogen-bond acceptors (Lipinski definition) is 3. The Hall–Kier alpha value is -0.150. The van der Waals surface area contributed by atoms with Gasteiger partial charge in [0, 0.05) is 0 Å². The first-order valence-corrected chi connectivity index (χ1v) is 4.83. The molecule has 0 amide bonds. The van der Waals surface area contributed by atoms with Gasteiger partial charge in [-0.15, -0.1) is 0 Å². The van der Waals surface area contributed by atoms with Crippen molar-refractivity contribution in [3.63, 3.8) is 0 Å². The monoisotopic (exact) mass is 190 g/mol. The molecular formula is C9H18O2S. The van der Waals surface area contributed by atoms with Crippen LogP contribution in [0.3, 0.4) is 0 Å². The van der Waals surface area contributed by atoms with Crippen LogP contribution in [0.15, 0.2) is 0 Å². The maximum atomic E-state index is 9.36. The van der Waals surface area contributed by atoms with E-state index in [1.165, 1.54) is 0 Å². The van der Waals surface area contributed by atoms with Crippen molar-refractivity contribution in [3.8, 4) is 0 Å². The summed E-state index contributed by atoms with van der Waals surface area (Å²) in [5, 5.41) is 9.70. The van der Waals surface area contributed by atoms with E-state index < -0.39 is 6.10 Å². The van der Waals surface area contributed by atoms with Crippen LogP contribution in [0.1, 0.15) is 33.6 Å². The Kier molecular flexibility index (Phi) is 6.30. The van der Waals surface area contributed by atoms with Crippen LogP contribution >= 0.6 is 12.2 Å². The average Bonchev–Trinajstić information content (AvgIpc) is 2.00. The molecule has 0 bridgehead atoms. The van der Waals surface area contributed by atoms with Gasteiger partial charge in [-0.3, -0.25) is 0 Å². The maximum absolute atomic E-state index is 9.36. The van der Waals surface area contributed by atoms with Crippen LogP contribution in [0.5, 0.6) is 0 Å². The van der Waals surface area contributed by atoms with Crippen molar-refractivity contribution in [2.24, 2.45) is 5.92 Å². The van der Waals surface area contributed by atoms with E-state index in [0.29, 0.717) is 24.0 Å². The van der Waals surface area contributed by atoms with Gasteiger partial charge >= 0.3 is 0 Å². The van der Waals surface area contributed by atoms with Crippen molar-refractivity contribution in [2.45, 2.75) is 39.7 Å². The molecule has 0 spiro atoms. The Bertz CT molecular complexity index is 134.